The highest BCUT2D eigenvalue weighted by Crippen LogP contribution is 2.25. The molecule has 4 nitrogen and oxygen atoms in total. The first kappa shape index (κ1) is 20.7. The van der Waals surface area contributed by atoms with Crippen LogP contribution >= 0.6 is 11.6 Å². The number of hydrogen-bond acceptors (Lipinski definition) is 3. The fourth-order valence-electron chi connectivity index (χ4n) is 2.65. The van der Waals surface area contributed by atoms with E-state index in [9.17, 15) is 9.18 Å². The van der Waals surface area contributed by atoms with Crippen molar-refractivity contribution in [1.82, 2.24) is 5.32 Å². The predicted octanol–water partition coefficient (Wildman–Crippen LogP) is 5.39. The Morgan fingerprint density at radius 3 is 2.31 bits per heavy atom. The highest BCUT2D eigenvalue weighted by atomic mass is 35.5. The zero-order chi connectivity index (χ0) is 20.6. The molecule has 0 bridgehead atoms. The Bertz CT molecular complexity index is 959. The third-order valence-corrected chi connectivity index (χ3v) is 4.48. The van der Waals surface area contributed by atoms with Crippen molar-refractivity contribution < 1.29 is 18.7 Å². The van der Waals surface area contributed by atoms with Gasteiger partial charge in [-0.25, -0.2) is 4.39 Å². The number of hydrogen-bond donors (Lipinski definition) is 1. The summed E-state index contributed by atoms with van der Waals surface area (Å²) in [6.45, 7) is 3.11. The van der Waals surface area contributed by atoms with Crippen molar-refractivity contribution in [2.75, 3.05) is 6.61 Å². The van der Waals surface area contributed by atoms with Crippen LogP contribution < -0.4 is 14.8 Å². The second-order valence-electron chi connectivity index (χ2n) is 6.32. The normalized spacial score (nSPS) is 10.4. The third kappa shape index (κ3) is 5.96. The average molecular weight is 414 g/mol. The molecule has 0 saturated carbocycles. The van der Waals surface area contributed by atoms with Crippen LogP contribution in [0.2, 0.25) is 5.02 Å². The molecular weight excluding hydrogens is 393 g/mol. The molecule has 0 heterocycles. The minimum absolute atomic E-state index is 0.216. The Morgan fingerprint density at radius 1 is 0.966 bits per heavy atom. The molecule has 6 heteroatoms. The number of benzene rings is 3. The first-order chi connectivity index (χ1) is 14.0. The molecule has 0 aliphatic rings. The minimum atomic E-state index is -0.271. The van der Waals surface area contributed by atoms with Crippen molar-refractivity contribution >= 4 is 17.5 Å². The SMILES string of the molecule is CCOc1ccc(C(=O)NCc2ccc(OCc3ccc(F)cc3)cc2)cc1Cl. The molecule has 3 aromatic rings. The standard InChI is InChI=1S/C23H21ClFNO3/c1-2-28-22-12-7-18(13-21(22)24)23(27)26-14-16-5-10-20(11-6-16)29-15-17-3-8-19(25)9-4-17/h3-13H,2,14-15H2,1H3,(H,26,27). The molecule has 1 N–H and O–H groups in total. The van der Waals surface area contributed by atoms with Crippen molar-refractivity contribution in [3.05, 3.63) is 94.3 Å². The summed E-state index contributed by atoms with van der Waals surface area (Å²) in [5.41, 5.74) is 2.29. The topological polar surface area (TPSA) is 47.6 Å². The fourth-order valence-corrected chi connectivity index (χ4v) is 2.88. The maximum Gasteiger partial charge on any atom is 0.251 e. The number of nitrogens with one attached hydrogen (secondary N) is 1. The maximum atomic E-state index is 12.9. The largest absolute Gasteiger partial charge is 0.492 e. The number of rotatable bonds is 8. The summed E-state index contributed by atoms with van der Waals surface area (Å²) >= 11 is 6.13. The lowest BCUT2D eigenvalue weighted by molar-refractivity contribution is 0.0951. The Morgan fingerprint density at radius 2 is 1.66 bits per heavy atom. The van der Waals surface area contributed by atoms with E-state index in [1.54, 1.807) is 30.3 Å². The van der Waals surface area contributed by atoms with Gasteiger partial charge < -0.3 is 14.8 Å². The summed E-state index contributed by atoms with van der Waals surface area (Å²) in [5, 5.41) is 3.27. The summed E-state index contributed by atoms with van der Waals surface area (Å²) in [6, 6.07) is 18.6. The van der Waals surface area contributed by atoms with Crippen LogP contribution in [-0.2, 0) is 13.2 Å². The number of carbonyl (C=O) groups excluding carboxylic acids is 1. The van der Waals surface area contributed by atoms with E-state index >= 15 is 0 Å². The van der Waals surface area contributed by atoms with Gasteiger partial charge in [0.15, 0.2) is 0 Å². The quantitative estimate of drug-likeness (QED) is 0.538. The fraction of sp³-hybridized carbons (Fsp3) is 0.174. The molecule has 1 amide bonds. The van der Waals surface area contributed by atoms with Gasteiger partial charge in [0.05, 0.1) is 11.6 Å². The van der Waals surface area contributed by atoms with Gasteiger partial charge in [-0.2, -0.15) is 0 Å². The zero-order valence-electron chi connectivity index (χ0n) is 16.0. The Balaban J connectivity index is 1.51. The first-order valence-electron chi connectivity index (χ1n) is 9.22. The molecule has 0 fully saturated rings. The summed E-state index contributed by atoms with van der Waals surface area (Å²) in [4.78, 5) is 12.3. The van der Waals surface area contributed by atoms with Gasteiger partial charge in [0.2, 0.25) is 0 Å². The van der Waals surface area contributed by atoms with E-state index < -0.39 is 0 Å². The van der Waals surface area contributed by atoms with Gasteiger partial charge in [-0.1, -0.05) is 35.9 Å². The molecule has 0 spiro atoms. The van der Waals surface area contributed by atoms with Crippen LogP contribution in [0.15, 0.2) is 66.7 Å². The molecule has 3 aromatic carbocycles. The second-order valence-corrected chi connectivity index (χ2v) is 6.73. The molecule has 3 rings (SSSR count). The number of carbonyl (C=O) groups is 1. The Hall–Kier alpha value is -3.05. The molecule has 0 atom stereocenters. The smallest absolute Gasteiger partial charge is 0.251 e. The molecule has 0 aromatic heterocycles. The zero-order valence-corrected chi connectivity index (χ0v) is 16.7. The van der Waals surface area contributed by atoms with E-state index in [1.165, 1.54) is 12.1 Å². The van der Waals surface area contributed by atoms with Crippen molar-refractivity contribution in [1.29, 1.82) is 0 Å². The Labute approximate surface area is 174 Å². The molecule has 0 radical (unpaired) electrons. The second kappa shape index (κ2) is 9.94. The number of ether oxygens (including phenoxy) is 2. The molecular formula is C23H21ClFNO3. The highest BCUT2D eigenvalue weighted by Gasteiger charge is 2.09. The number of amides is 1. The van der Waals surface area contributed by atoms with Gasteiger partial charge in [0.1, 0.15) is 23.9 Å². The van der Waals surface area contributed by atoms with E-state index in [1.807, 2.05) is 31.2 Å². The monoisotopic (exact) mass is 413 g/mol. The minimum Gasteiger partial charge on any atom is -0.492 e. The summed E-state index contributed by atoms with van der Waals surface area (Å²) < 4.78 is 24.0. The van der Waals surface area contributed by atoms with Crippen LogP contribution in [-0.4, -0.2) is 12.5 Å². The van der Waals surface area contributed by atoms with E-state index in [2.05, 4.69) is 5.32 Å². The van der Waals surface area contributed by atoms with Crippen LogP contribution in [0.3, 0.4) is 0 Å². The van der Waals surface area contributed by atoms with Crippen LogP contribution in [0.1, 0.15) is 28.4 Å². The van der Waals surface area contributed by atoms with Gasteiger partial charge in [-0.15, -0.1) is 0 Å². The molecule has 0 aliphatic carbocycles. The maximum absolute atomic E-state index is 12.9. The van der Waals surface area contributed by atoms with Crippen molar-refractivity contribution in [2.45, 2.75) is 20.1 Å². The van der Waals surface area contributed by atoms with Crippen molar-refractivity contribution in [3.8, 4) is 11.5 Å². The van der Waals surface area contributed by atoms with E-state index in [4.69, 9.17) is 21.1 Å². The van der Waals surface area contributed by atoms with Gasteiger partial charge in [0, 0.05) is 12.1 Å². The van der Waals surface area contributed by atoms with Crippen LogP contribution in [0.4, 0.5) is 4.39 Å². The highest BCUT2D eigenvalue weighted by molar-refractivity contribution is 6.32. The van der Waals surface area contributed by atoms with E-state index in [-0.39, 0.29) is 11.7 Å². The number of halogens is 2. The van der Waals surface area contributed by atoms with Gasteiger partial charge in [-0.3, -0.25) is 4.79 Å². The molecule has 0 aliphatic heterocycles. The molecule has 0 unspecified atom stereocenters. The third-order valence-electron chi connectivity index (χ3n) is 4.19. The van der Waals surface area contributed by atoms with Crippen LogP contribution in [0.25, 0.3) is 0 Å². The van der Waals surface area contributed by atoms with E-state index in [0.717, 1.165) is 11.1 Å². The lowest BCUT2D eigenvalue weighted by atomic mass is 10.2. The molecule has 0 saturated heterocycles. The lowest BCUT2D eigenvalue weighted by Crippen LogP contribution is -2.22. The van der Waals surface area contributed by atoms with Crippen molar-refractivity contribution in [2.24, 2.45) is 0 Å². The van der Waals surface area contributed by atoms with Gasteiger partial charge in [-0.05, 0) is 60.5 Å². The molecule has 150 valence electrons. The predicted molar refractivity (Wildman–Crippen MR) is 111 cm³/mol. The Kier molecular flexibility index (Phi) is 7.09. The average Bonchev–Trinajstić information content (AvgIpc) is 2.74. The summed E-state index contributed by atoms with van der Waals surface area (Å²) in [7, 11) is 0. The lowest BCUT2D eigenvalue weighted by Gasteiger charge is -2.10. The van der Waals surface area contributed by atoms with Crippen LogP contribution in [0, 0.1) is 5.82 Å². The summed E-state index contributed by atoms with van der Waals surface area (Å²) in [5.74, 6) is 0.767. The van der Waals surface area contributed by atoms with E-state index in [0.29, 0.717) is 41.8 Å². The van der Waals surface area contributed by atoms with Gasteiger partial charge >= 0.3 is 0 Å². The van der Waals surface area contributed by atoms with Crippen molar-refractivity contribution in [3.63, 3.8) is 0 Å². The van der Waals surface area contributed by atoms with Crippen LogP contribution in [0.5, 0.6) is 11.5 Å². The molecule has 29 heavy (non-hydrogen) atoms. The summed E-state index contributed by atoms with van der Waals surface area (Å²) in [6.07, 6.45) is 0. The first-order valence-corrected chi connectivity index (χ1v) is 9.59. The van der Waals surface area contributed by atoms with Gasteiger partial charge in [0.25, 0.3) is 5.91 Å².